The average Bonchev–Trinajstić information content (AvgIpc) is 2.98. The molecule has 0 saturated heterocycles. The Morgan fingerprint density at radius 2 is 2.14 bits per heavy atom. The molecule has 0 unspecified atom stereocenters. The van der Waals surface area contributed by atoms with Gasteiger partial charge >= 0.3 is 5.97 Å². The van der Waals surface area contributed by atoms with E-state index in [9.17, 15) is 14.0 Å². The zero-order valence-electron chi connectivity index (χ0n) is 11.8. The quantitative estimate of drug-likeness (QED) is 0.678. The van der Waals surface area contributed by atoms with Crippen LogP contribution in [0.3, 0.4) is 0 Å². The molecular formula is C16H14FNO3S. The lowest BCUT2D eigenvalue weighted by Crippen LogP contribution is -2.29. The van der Waals surface area contributed by atoms with Crippen LogP contribution in [-0.4, -0.2) is 18.0 Å². The van der Waals surface area contributed by atoms with Gasteiger partial charge in [0.1, 0.15) is 5.82 Å². The van der Waals surface area contributed by atoms with Crippen LogP contribution < -0.4 is 5.32 Å². The number of halogens is 1. The second-order valence-electron chi connectivity index (χ2n) is 4.43. The van der Waals surface area contributed by atoms with Gasteiger partial charge in [-0.25, -0.2) is 9.18 Å². The fourth-order valence-corrected chi connectivity index (χ4v) is 2.23. The molecule has 2 rings (SSSR count). The number of benzene rings is 1. The topological polar surface area (TPSA) is 55.4 Å². The van der Waals surface area contributed by atoms with Gasteiger partial charge in [-0.15, -0.1) is 11.3 Å². The Morgan fingerprint density at radius 3 is 2.82 bits per heavy atom. The van der Waals surface area contributed by atoms with Crippen LogP contribution in [0.2, 0.25) is 0 Å². The number of ether oxygens (including phenoxy) is 1. The maximum atomic E-state index is 13.0. The number of carbonyl (C=O) groups is 2. The summed E-state index contributed by atoms with van der Waals surface area (Å²) in [7, 11) is 0. The largest absolute Gasteiger partial charge is 0.449 e. The summed E-state index contributed by atoms with van der Waals surface area (Å²) in [5.41, 5.74) is 0.307. The van der Waals surface area contributed by atoms with Gasteiger partial charge in [-0.2, -0.15) is 0 Å². The summed E-state index contributed by atoms with van der Waals surface area (Å²) in [4.78, 5) is 24.4. The molecule has 1 atom stereocenters. The first-order valence-electron chi connectivity index (χ1n) is 6.53. The number of thiophene rings is 1. The van der Waals surface area contributed by atoms with Crippen molar-refractivity contribution in [1.82, 2.24) is 0 Å². The van der Waals surface area contributed by atoms with Crippen LogP contribution in [0.15, 0.2) is 47.9 Å². The molecular weight excluding hydrogens is 305 g/mol. The molecule has 22 heavy (non-hydrogen) atoms. The lowest BCUT2D eigenvalue weighted by atomic mass is 10.3. The van der Waals surface area contributed by atoms with Gasteiger partial charge in [-0.05, 0) is 42.6 Å². The minimum atomic E-state index is -0.983. The zero-order valence-corrected chi connectivity index (χ0v) is 12.6. The number of anilines is 1. The highest BCUT2D eigenvalue weighted by Crippen LogP contribution is 2.11. The van der Waals surface area contributed by atoms with Gasteiger partial charge in [-0.3, -0.25) is 4.79 Å². The van der Waals surface area contributed by atoms with Crippen molar-refractivity contribution in [2.45, 2.75) is 13.0 Å². The summed E-state index contributed by atoms with van der Waals surface area (Å²) in [6.45, 7) is 1.45. The van der Waals surface area contributed by atoms with E-state index in [1.54, 1.807) is 12.1 Å². The monoisotopic (exact) mass is 319 g/mol. The van der Waals surface area contributed by atoms with E-state index in [4.69, 9.17) is 4.74 Å². The molecule has 1 N–H and O–H groups in total. The number of rotatable bonds is 5. The number of hydrogen-bond acceptors (Lipinski definition) is 4. The number of carbonyl (C=O) groups excluding carboxylic acids is 2. The van der Waals surface area contributed by atoms with Crippen molar-refractivity contribution in [1.29, 1.82) is 0 Å². The highest BCUT2D eigenvalue weighted by atomic mass is 32.1. The maximum absolute atomic E-state index is 13.0. The number of esters is 1. The van der Waals surface area contributed by atoms with E-state index in [1.807, 2.05) is 17.5 Å². The van der Waals surface area contributed by atoms with Crippen LogP contribution in [0.5, 0.6) is 0 Å². The first-order chi connectivity index (χ1) is 10.5. The SMILES string of the molecule is C[C@@H](OC(=O)/C=C/c1cccs1)C(=O)Nc1cccc(F)c1. The molecule has 1 aromatic heterocycles. The fraction of sp³-hybridized carbons (Fsp3) is 0.125. The summed E-state index contributed by atoms with van der Waals surface area (Å²) >= 11 is 1.48. The highest BCUT2D eigenvalue weighted by molar-refractivity contribution is 7.10. The van der Waals surface area contributed by atoms with Crippen LogP contribution in [0.1, 0.15) is 11.8 Å². The van der Waals surface area contributed by atoms with Crippen LogP contribution in [0.25, 0.3) is 6.08 Å². The smallest absolute Gasteiger partial charge is 0.331 e. The number of hydrogen-bond donors (Lipinski definition) is 1. The van der Waals surface area contributed by atoms with E-state index < -0.39 is 23.8 Å². The van der Waals surface area contributed by atoms with Gasteiger partial charge < -0.3 is 10.1 Å². The van der Waals surface area contributed by atoms with Crippen molar-refractivity contribution in [2.75, 3.05) is 5.32 Å². The highest BCUT2D eigenvalue weighted by Gasteiger charge is 2.16. The Balaban J connectivity index is 1.87. The predicted octanol–water partition coefficient (Wildman–Crippen LogP) is 3.47. The van der Waals surface area contributed by atoms with Gasteiger partial charge in [0.25, 0.3) is 5.91 Å². The molecule has 1 aromatic carbocycles. The Labute approximate surface area is 131 Å². The summed E-state index contributed by atoms with van der Waals surface area (Å²) in [6, 6.07) is 9.20. The molecule has 0 saturated carbocycles. The first kappa shape index (κ1) is 15.9. The normalized spacial score (nSPS) is 12.1. The molecule has 1 heterocycles. The zero-order chi connectivity index (χ0) is 15.9. The fourth-order valence-electron chi connectivity index (χ4n) is 1.61. The average molecular weight is 319 g/mol. The summed E-state index contributed by atoms with van der Waals surface area (Å²) in [5.74, 6) is -1.60. The van der Waals surface area contributed by atoms with Crippen molar-refractivity contribution in [3.63, 3.8) is 0 Å². The predicted molar refractivity (Wildman–Crippen MR) is 83.9 cm³/mol. The van der Waals surface area contributed by atoms with Gasteiger partial charge in [-0.1, -0.05) is 12.1 Å². The van der Waals surface area contributed by atoms with Gasteiger partial charge in [0.2, 0.25) is 0 Å². The molecule has 0 aliphatic heterocycles. The molecule has 1 amide bonds. The van der Waals surface area contributed by atoms with Crippen LogP contribution in [0, 0.1) is 5.82 Å². The molecule has 2 aromatic rings. The van der Waals surface area contributed by atoms with Crippen LogP contribution in [0.4, 0.5) is 10.1 Å². The molecule has 0 spiro atoms. The van der Waals surface area contributed by atoms with Crippen molar-refractivity contribution < 1.29 is 18.7 Å². The van der Waals surface area contributed by atoms with E-state index >= 15 is 0 Å². The summed E-state index contributed by atoms with van der Waals surface area (Å²) < 4.78 is 18.0. The van der Waals surface area contributed by atoms with Gasteiger partial charge in [0, 0.05) is 16.6 Å². The van der Waals surface area contributed by atoms with Crippen molar-refractivity contribution in [3.8, 4) is 0 Å². The van der Waals surface area contributed by atoms with Crippen molar-refractivity contribution in [2.24, 2.45) is 0 Å². The van der Waals surface area contributed by atoms with Crippen molar-refractivity contribution in [3.05, 3.63) is 58.5 Å². The second kappa shape index (κ2) is 7.51. The molecule has 0 radical (unpaired) electrons. The van der Waals surface area contributed by atoms with Crippen LogP contribution in [-0.2, 0) is 14.3 Å². The van der Waals surface area contributed by atoms with E-state index in [2.05, 4.69) is 5.32 Å². The number of amides is 1. The van der Waals surface area contributed by atoms with Crippen LogP contribution >= 0.6 is 11.3 Å². The lowest BCUT2D eigenvalue weighted by Gasteiger charge is -2.12. The minimum absolute atomic E-state index is 0.307. The molecule has 0 bridgehead atoms. The molecule has 4 nitrogen and oxygen atoms in total. The number of nitrogens with one attached hydrogen (secondary N) is 1. The molecule has 6 heteroatoms. The molecule has 0 fully saturated rings. The van der Waals surface area contributed by atoms with Gasteiger partial charge in [0.05, 0.1) is 0 Å². The Kier molecular flexibility index (Phi) is 5.43. The molecule has 114 valence electrons. The molecule has 0 aliphatic carbocycles. The maximum Gasteiger partial charge on any atom is 0.331 e. The van der Waals surface area contributed by atoms with E-state index in [1.165, 1.54) is 42.5 Å². The minimum Gasteiger partial charge on any atom is -0.449 e. The Morgan fingerprint density at radius 1 is 1.32 bits per heavy atom. The Bertz CT molecular complexity index is 682. The Hall–Kier alpha value is -2.47. The van der Waals surface area contributed by atoms with E-state index in [-0.39, 0.29) is 0 Å². The lowest BCUT2D eigenvalue weighted by molar-refractivity contribution is -0.148. The molecule has 0 aliphatic rings. The standard InChI is InChI=1S/C16H14FNO3S/c1-11(16(20)18-13-5-2-4-12(17)10-13)21-15(19)8-7-14-6-3-9-22-14/h2-11H,1H3,(H,18,20)/b8-7+/t11-/m1/s1. The van der Waals surface area contributed by atoms with Gasteiger partial charge in [0.15, 0.2) is 6.10 Å². The van der Waals surface area contributed by atoms with Crippen molar-refractivity contribution >= 4 is 35.0 Å². The van der Waals surface area contributed by atoms with E-state index in [0.29, 0.717) is 5.69 Å². The first-order valence-corrected chi connectivity index (χ1v) is 7.41. The third-order valence-electron chi connectivity index (χ3n) is 2.68. The third-order valence-corrected chi connectivity index (χ3v) is 3.52. The summed E-state index contributed by atoms with van der Waals surface area (Å²) in [5, 5.41) is 4.37. The summed E-state index contributed by atoms with van der Waals surface area (Å²) in [6.07, 6.45) is 1.89. The third kappa shape index (κ3) is 4.82. The van der Waals surface area contributed by atoms with E-state index in [0.717, 1.165) is 4.88 Å². The second-order valence-corrected chi connectivity index (χ2v) is 5.41.